The summed E-state index contributed by atoms with van der Waals surface area (Å²) < 4.78 is 0. The average Bonchev–Trinajstić information content (AvgIpc) is 3.30. The summed E-state index contributed by atoms with van der Waals surface area (Å²) in [5.74, 6) is 0.175. The molecular weight excluding hydrogens is 491 g/mol. The van der Waals surface area contributed by atoms with Crippen LogP contribution in [0.15, 0.2) is 22.9 Å². The fourth-order valence-corrected chi connectivity index (χ4v) is 5.98. The predicted octanol–water partition coefficient (Wildman–Crippen LogP) is 5.21. The number of hydrogen-bond acceptors (Lipinski definition) is 6. The van der Waals surface area contributed by atoms with Crippen molar-refractivity contribution in [3.63, 3.8) is 0 Å². The Hall–Kier alpha value is -1.51. The topological polar surface area (TPSA) is 65.5 Å². The summed E-state index contributed by atoms with van der Waals surface area (Å²) in [5, 5.41) is 7.67. The van der Waals surface area contributed by atoms with E-state index in [1.165, 1.54) is 5.56 Å². The highest BCUT2D eigenvalue weighted by atomic mass is 35.5. The number of halogens is 2. The zero-order chi connectivity index (χ0) is 24.7. The van der Waals surface area contributed by atoms with Gasteiger partial charge in [0, 0.05) is 38.1 Å². The normalized spacial score (nSPS) is 15.9. The molecule has 1 fully saturated rings. The molecule has 3 rings (SSSR count). The second kappa shape index (κ2) is 13.0. The Balaban J connectivity index is 1.48. The first-order chi connectivity index (χ1) is 16.3. The lowest BCUT2D eigenvalue weighted by Crippen LogP contribution is -2.50. The van der Waals surface area contributed by atoms with Gasteiger partial charge < -0.3 is 15.1 Å². The summed E-state index contributed by atoms with van der Waals surface area (Å²) >= 11 is 13.7. The molecule has 2 aromatic rings. The molecule has 0 saturated carbocycles. The molecule has 34 heavy (non-hydrogen) atoms. The van der Waals surface area contributed by atoms with Crippen molar-refractivity contribution in [3.05, 3.63) is 49.9 Å². The second-order valence-corrected chi connectivity index (χ2v) is 10.6. The molecule has 0 radical (unpaired) electrons. The largest absolute Gasteiger partial charge is 0.334 e. The summed E-state index contributed by atoms with van der Waals surface area (Å²) in [6, 6.07) is 4.41. The number of amides is 1. The quantitative estimate of drug-likeness (QED) is 0.322. The summed E-state index contributed by atoms with van der Waals surface area (Å²) in [6.07, 6.45) is 4.11. The first-order valence-corrected chi connectivity index (χ1v) is 13.5. The van der Waals surface area contributed by atoms with E-state index in [2.05, 4.69) is 39.0 Å². The van der Waals surface area contributed by atoms with Gasteiger partial charge in [0.05, 0.1) is 12.1 Å². The van der Waals surface area contributed by atoms with Crippen molar-refractivity contribution in [3.8, 4) is 0 Å². The van der Waals surface area contributed by atoms with Crippen LogP contribution >= 0.6 is 34.5 Å². The molecule has 0 bridgehead atoms. The number of nitrogens with zero attached hydrogens (tertiary/aromatic N) is 3. The zero-order valence-corrected chi connectivity index (χ0v) is 22.5. The first kappa shape index (κ1) is 27.1. The van der Waals surface area contributed by atoms with Crippen LogP contribution in [0.2, 0.25) is 10.3 Å². The number of aryl methyl sites for hydroxylation is 1. The van der Waals surface area contributed by atoms with Crippen LogP contribution in [0.3, 0.4) is 0 Å². The lowest BCUT2D eigenvalue weighted by Gasteiger charge is -2.41. The van der Waals surface area contributed by atoms with Crippen LogP contribution in [0.1, 0.15) is 60.5 Å². The number of nitrogens with one attached hydrogen (secondary N) is 1. The van der Waals surface area contributed by atoms with Crippen molar-refractivity contribution in [2.24, 2.45) is 0 Å². The van der Waals surface area contributed by atoms with Gasteiger partial charge in [-0.15, -0.1) is 0 Å². The third kappa shape index (κ3) is 7.25. The van der Waals surface area contributed by atoms with E-state index in [0.717, 1.165) is 44.3 Å². The number of pyridine rings is 1. The number of thiophene rings is 1. The molecule has 0 aliphatic carbocycles. The minimum Gasteiger partial charge on any atom is -0.334 e. The van der Waals surface area contributed by atoms with E-state index in [1.54, 1.807) is 17.4 Å². The highest BCUT2D eigenvalue weighted by molar-refractivity contribution is 7.07. The molecule has 0 aromatic carbocycles. The van der Waals surface area contributed by atoms with Crippen molar-refractivity contribution in [2.45, 2.75) is 64.6 Å². The maximum Gasteiger partial charge on any atom is 0.237 e. The second-order valence-electron chi connectivity index (χ2n) is 9.04. The average molecular weight is 526 g/mol. The van der Waals surface area contributed by atoms with E-state index in [-0.39, 0.29) is 22.9 Å². The Labute approximate surface area is 216 Å². The Morgan fingerprint density at radius 1 is 1.32 bits per heavy atom. The van der Waals surface area contributed by atoms with Crippen molar-refractivity contribution in [2.75, 3.05) is 26.7 Å². The molecule has 186 valence electrons. The standard InChI is InChI=1S/C25H34Cl2N4O2S/c1-17-13-22(26)29-25(27)24(17)21(32)6-4-5-18(2)30-10-7-20(8-11-30)31(23(33)14-28-3)15-19-9-12-34-16-19/h9,12-13,16,18,20,28H,4-8,10-11,14-15H2,1-3H3/t18-/m1/s1. The molecule has 0 spiro atoms. The molecule has 0 unspecified atom stereocenters. The summed E-state index contributed by atoms with van der Waals surface area (Å²) in [7, 11) is 1.81. The van der Waals surface area contributed by atoms with Gasteiger partial charge in [0.2, 0.25) is 5.91 Å². The molecule has 9 heteroatoms. The highest BCUT2D eigenvalue weighted by Crippen LogP contribution is 2.25. The number of ketones is 1. The third-order valence-electron chi connectivity index (χ3n) is 6.59. The molecule has 6 nitrogen and oxygen atoms in total. The van der Waals surface area contributed by atoms with Gasteiger partial charge in [-0.1, -0.05) is 23.2 Å². The van der Waals surface area contributed by atoms with E-state index < -0.39 is 0 Å². The van der Waals surface area contributed by atoms with Crippen LogP contribution in [-0.4, -0.2) is 65.2 Å². The Bertz CT molecular complexity index is 939. The van der Waals surface area contributed by atoms with Crippen LogP contribution in [0.5, 0.6) is 0 Å². The van der Waals surface area contributed by atoms with Gasteiger partial charge in [0.1, 0.15) is 10.3 Å². The molecule has 3 heterocycles. The fourth-order valence-electron chi connectivity index (χ4n) is 4.69. The van der Waals surface area contributed by atoms with Crippen LogP contribution in [0.4, 0.5) is 0 Å². The van der Waals surface area contributed by atoms with Gasteiger partial charge in [0.25, 0.3) is 0 Å². The number of carbonyl (C=O) groups is 2. The summed E-state index contributed by atoms with van der Waals surface area (Å²) in [4.78, 5) is 34.0. The minimum atomic E-state index is 0.0182. The van der Waals surface area contributed by atoms with Gasteiger partial charge in [-0.3, -0.25) is 9.59 Å². The summed E-state index contributed by atoms with van der Waals surface area (Å²) in [5.41, 5.74) is 2.45. The number of aromatic nitrogens is 1. The molecule has 1 saturated heterocycles. The lowest BCUT2D eigenvalue weighted by atomic mass is 9.98. The number of piperidine rings is 1. The Morgan fingerprint density at radius 2 is 2.06 bits per heavy atom. The van der Waals surface area contributed by atoms with E-state index in [9.17, 15) is 9.59 Å². The molecule has 1 N–H and O–H groups in total. The number of rotatable bonds is 11. The molecular formula is C25H34Cl2N4O2S. The monoisotopic (exact) mass is 524 g/mol. The molecule has 1 atom stereocenters. The molecule has 1 amide bonds. The SMILES string of the molecule is CNCC(=O)N(Cc1ccsc1)C1CCN([C@H](C)CCCC(=O)c2c(C)cc(Cl)nc2Cl)CC1. The Morgan fingerprint density at radius 3 is 2.68 bits per heavy atom. The molecule has 2 aromatic heterocycles. The van der Waals surface area contributed by atoms with Gasteiger partial charge >= 0.3 is 0 Å². The predicted molar refractivity (Wildman–Crippen MR) is 140 cm³/mol. The number of Topliss-reactive ketones (excluding diaryl/α,β-unsaturated/α-hetero) is 1. The number of likely N-dealkylation sites (tertiary alicyclic amines) is 1. The fraction of sp³-hybridized carbons (Fsp3) is 0.560. The Kier molecular flexibility index (Phi) is 10.3. The van der Waals surface area contributed by atoms with E-state index in [0.29, 0.717) is 36.3 Å². The van der Waals surface area contributed by atoms with E-state index in [4.69, 9.17) is 23.2 Å². The first-order valence-electron chi connectivity index (χ1n) is 11.8. The van der Waals surface area contributed by atoms with Crippen molar-refractivity contribution >= 4 is 46.2 Å². The molecule has 1 aliphatic rings. The van der Waals surface area contributed by atoms with Gasteiger partial charge in [-0.05, 0) is 80.6 Å². The smallest absolute Gasteiger partial charge is 0.237 e. The highest BCUT2D eigenvalue weighted by Gasteiger charge is 2.29. The number of likely N-dealkylation sites (N-methyl/N-ethyl adjacent to an activating group) is 1. The van der Waals surface area contributed by atoms with E-state index >= 15 is 0 Å². The number of hydrogen-bond donors (Lipinski definition) is 1. The minimum absolute atomic E-state index is 0.0182. The third-order valence-corrected chi connectivity index (χ3v) is 7.79. The van der Waals surface area contributed by atoms with Crippen molar-refractivity contribution < 1.29 is 9.59 Å². The van der Waals surface area contributed by atoms with Crippen LogP contribution in [0, 0.1) is 6.92 Å². The van der Waals surface area contributed by atoms with Crippen LogP contribution in [-0.2, 0) is 11.3 Å². The van der Waals surface area contributed by atoms with Crippen LogP contribution in [0.25, 0.3) is 0 Å². The maximum absolute atomic E-state index is 12.8. The molecule has 1 aliphatic heterocycles. The lowest BCUT2D eigenvalue weighted by molar-refractivity contribution is -0.134. The van der Waals surface area contributed by atoms with Crippen LogP contribution < -0.4 is 5.32 Å². The van der Waals surface area contributed by atoms with Gasteiger partial charge in [-0.25, -0.2) is 4.98 Å². The van der Waals surface area contributed by atoms with Gasteiger partial charge in [0.15, 0.2) is 5.78 Å². The van der Waals surface area contributed by atoms with E-state index in [1.807, 2.05) is 18.9 Å². The maximum atomic E-state index is 12.8. The van der Waals surface area contributed by atoms with Gasteiger partial charge in [-0.2, -0.15) is 11.3 Å². The number of carbonyl (C=O) groups excluding carboxylic acids is 2. The summed E-state index contributed by atoms with van der Waals surface area (Å²) in [6.45, 7) is 7.01. The van der Waals surface area contributed by atoms with Crippen molar-refractivity contribution in [1.29, 1.82) is 0 Å². The zero-order valence-electron chi connectivity index (χ0n) is 20.2. The van der Waals surface area contributed by atoms with Crippen molar-refractivity contribution in [1.82, 2.24) is 20.1 Å².